The van der Waals surface area contributed by atoms with Crippen LogP contribution in [0.1, 0.15) is 0 Å². The normalized spacial score (nSPS) is 8.00. The Balaban J connectivity index is 0.000000342. The summed E-state index contributed by atoms with van der Waals surface area (Å²) in [6.07, 6.45) is 0. The summed E-state index contributed by atoms with van der Waals surface area (Å²) in [4.78, 5) is 0. The summed E-state index contributed by atoms with van der Waals surface area (Å²) < 4.78 is 3.24. The molecule has 0 unspecified atom stereocenters. The molecule has 0 atom stereocenters. The Hall–Kier alpha value is -0.418. The van der Waals surface area contributed by atoms with Crippen LogP contribution in [0.3, 0.4) is 0 Å². The van der Waals surface area contributed by atoms with E-state index in [2.05, 4.69) is 48.5 Å². The van der Waals surface area contributed by atoms with Crippen LogP contribution in [0.5, 0.6) is 0 Å². The van der Waals surface area contributed by atoms with Gasteiger partial charge in [0.05, 0.1) is 0 Å². The average molecular weight is 661 g/mol. The van der Waals surface area contributed by atoms with Gasteiger partial charge in [-0.3, -0.25) is 0 Å². The van der Waals surface area contributed by atoms with Gasteiger partial charge in [-0.1, -0.05) is 0 Å². The van der Waals surface area contributed by atoms with Crippen molar-refractivity contribution in [1.29, 1.82) is 0 Å². The van der Waals surface area contributed by atoms with Gasteiger partial charge < -0.3 is 0 Å². The third kappa shape index (κ3) is 10.9. The third-order valence-corrected chi connectivity index (χ3v) is 9.82. The van der Waals surface area contributed by atoms with Gasteiger partial charge in [-0.05, 0) is 0 Å². The Morgan fingerprint density at radius 1 is 0.478 bits per heavy atom. The second-order valence-electron chi connectivity index (χ2n) is 4.69. The molecule has 0 fully saturated rings. The quantitative estimate of drug-likeness (QED) is 0.226. The molecule has 0 nitrogen and oxygen atoms in total. The first-order valence-corrected chi connectivity index (χ1v) is 12.7. The SMILES string of the molecule is [Ru+2].[Ru+2].c1cc[c-]([Hg][c-]2cccc2)c1.c1cc[cH-]c1.c1cc[cH-]c1. The molecule has 0 saturated carbocycles. The summed E-state index contributed by atoms with van der Waals surface area (Å²) in [5.74, 6) is 0. The summed E-state index contributed by atoms with van der Waals surface area (Å²) in [6.45, 7) is 0. The standard InChI is InChI=1S/2C5H5.2C5H4.Hg.2Ru/c4*1-2-4-5-3-1;;;/h2*1-5H;2*1-4H;;;/q4*-1;;2*+2. The maximum absolute atomic E-state index is 2.26. The Labute approximate surface area is 177 Å². The molecule has 0 heterocycles. The van der Waals surface area contributed by atoms with Crippen molar-refractivity contribution in [3.63, 3.8) is 0 Å². The summed E-state index contributed by atoms with van der Waals surface area (Å²) in [5, 5.41) is 0. The summed E-state index contributed by atoms with van der Waals surface area (Å²) >= 11 is -0.881. The van der Waals surface area contributed by atoms with Gasteiger partial charge in [0.2, 0.25) is 0 Å². The molecule has 4 aromatic rings. The van der Waals surface area contributed by atoms with Crippen molar-refractivity contribution in [3.05, 3.63) is 109 Å². The van der Waals surface area contributed by atoms with Crippen LogP contribution in [0, 0.1) is 0 Å². The summed E-state index contributed by atoms with van der Waals surface area (Å²) in [6, 6.07) is 37.6. The van der Waals surface area contributed by atoms with Crippen LogP contribution in [-0.4, -0.2) is 0 Å². The molecule has 0 amide bonds. The molecule has 0 N–H and O–H groups in total. The molecule has 0 spiro atoms. The van der Waals surface area contributed by atoms with Crippen LogP contribution in [-0.2, 0) is 63.5 Å². The monoisotopic (exact) mass is 664 g/mol. The van der Waals surface area contributed by atoms with Crippen molar-refractivity contribution in [1.82, 2.24) is 0 Å². The summed E-state index contributed by atoms with van der Waals surface area (Å²) in [7, 11) is 0. The molecule has 4 aromatic carbocycles. The van der Waals surface area contributed by atoms with E-state index in [0.717, 1.165) is 0 Å². The zero-order valence-electron chi connectivity index (χ0n) is 12.8. The molecule has 0 bridgehead atoms. The first-order valence-electron chi connectivity index (χ1n) is 7.20. The van der Waals surface area contributed by atoms with Crippen molar-refractivity contribution in [2.24, 2.45) is 0 Å². The third-order valence-electron chi connectivity index (χ3n) is 2.98. The molecule has 0 aliphatic rings. The van der Waals surface area contributed by atoms with E-state index >= 15 is 0 Å². The van der Waals surface area contributed by atoms with Crippen molar-refractivity contribution in [2.45, 2.75) is 0 Å². The molecule has 0 aromatic heterocycles. The van der Waals surface area contributed by atoms with Crippen LogP contribution >= 0.6 is 0 Å². The van der Waals surface area contributed by atoms with Gasteiger partial charge in [-0.15, -0.1) is 0 Å². The molecule has 0 saturated heterocycles. The van der Waals surface area contributed by atoms with E-state index in [1.807, 2.05) is 60.7 Å². The van der Waals surface area contributed by atoms with Gasteiger partial charge >= 0.3 is 118 Å². The Bertz CT molecular complexity index is 525. The molecule has 116 valence electrons. The molecular formula is C20H18HgRu2. The van der Waals surface area contributed by atoms with Crippen LogP contribution in [0.4, 0.5) is 0 Å². The smallest absolute Gasteiger partial charge is 0.172 e. The van der Waals surface area contributed by atoms with E-state index in [1.165, 1.54) is 0 Å². The topological polar surface area (TPSA) is 0 Å². The minimum absolute atomic E-state index is 0. The fourth-order valence-electron chi connectivity index (χ4n) is 1.94. The minimum Gasteiger partial charge on any atom is -0.214 e. The molecule has 0 radical (unpaired) electrons. The van der Waals surface area contributed by atoms with Crippen LogP contribution < -0.4 is 6.14 Å². The first-order chi connectivity index (χ1) is 10.4. The predicted octanol–water partition coefficient (Wildman–Crippen LogP) is 3.96. The molecule has 0 aliphatic carbocycles. The number of hydrogen-bond acceptors (Lipinski definition) is 0. The van der Waals surface area contributed by atoms with Crippen LogP contribution in [0.15, 0.2) is 109 Å². The predicted molar refractivity (Wildman–Crippen MR) is 87.4 cm³/mol. The largest absolute Gasteiger partial charge is 0.214 e. The number of hydrogen-bond donors (Lipinski definition) is 0. The van der Waals surface area contributed by atoms with E-state index in [-0.39, 0.29) is 39.0 Å². The van der Waals surface area contributed by atoms with Gasteiger partial charge in [0, 0.05) is 0 Å². The molecule has 23 heavy (non-hydrogen) atoms. The summed E-state index contributed by atoms with van der Waals surface area (Å²) in [5.41, 5.74) is 0. The van der Waals surface area contributed by atoms with Gasteiger partial charge in [0.25, 0.3) is 0 Å². The molecule has 4 rings (SSSR count). The second-order valence-corrected chi connectivity index (χ2v) is 12.4. The van der Waals surface area contributed by atoms with Gasteiger partial charge in [0.1, 0.15) is 0 Å². The van der Waals surface area contributed by atoms with E-state index in [9.17, 15) is 0 Å². The zero-order chi connectivity index (χ0) is 14.6. The molecular weight excluding hydrogens is 643 g/mol. The second kappa shape index (κ2) is 15.1. The Morgan fingerprint density at radius 3 is 1.00 bits per heavy atom. The molecule has 0 aliphatic heterocycles. The maximum Gasteiger partial charge on any atom is -0.172 e. The van der Waals surface area contributed by atoms with Gasteiger partial charge in [0.15, 0.2) is 0 Å². The van der Waals surface area contributed by atoms with Crippen molar-refractivity contribution >= 4 is 6.14 Å². The van der Waals surface area contributed by atoms with Crippen molar-refractivity contribution in [3.8, 4) is 0 Å². The van der Waals surface area contributed by atoms with E-state index in [1.54, 1.807) is 6.14 Å². The van der Waals surface area contributed by atoms with Crippen molar-refractivity contribution in [2.75, 3.05) is 0 Å². The van der Waals surface area contributed by atoms with E-state index in [4.69, 9.17) is 0 Å². The maximum atomic E-state index is 2.26. The average Bonchev–Trinajstić information content (AvgIpc) is 3.30. The fourth-order valence-corrected chi connectivity index (χ4v) is 7.72. The number of rotatable bonds is 2. The van der Waals surface area contributed by atoms with Gasteiger partial charge in [-0.25, -0.2) is 24.3 Å². The minimum atomic E-state index is -0.881. The van der Waals surface area contributed by atoms with Crippen LogP contribution in [0.25, 0.3) is 0 Å². The van der Waals surface area contributed by atoms with Crippen LogP contribution in [0.2, 0.25) is 0 Å². The Kier molecular flexibility index (Phi) is 14.9. The van der Waals surface area contributed by atoms with E-state index < -0.39 is 24.6 Å². The molecule has 3 heteroatoms. The first kappa shape index (κ1) is 22.6. The zero-order valence-corrected chi connectivity index (χ0v) is 21.8. The fraction of sp³-hybridized carbons (Fsp3) is 0. The van der Waals surface area contributed by atoms with Crippen molar-refractivity contribution < 1.29 is 63.5 Å². The Morgan fingerprint density at radius 2 is 0.783 bits per heavy atom. The van der Waals surface area contributed by atoms with E-state index in [0.29, 0.717) is 0 Å². The van der Waals surface area contributed by atoms with Gasteiger partial charge in [-0.2, -0.15) is 36.4 Å².